The Morgan fingerprint density at radius 3 is 2.78 bits per heavy atom. The number of rotatable bonds is 5. The Balaban J connectivity index is 1.36. The molecule has 2 fully saturated rings. The number of nitrogens with zero attached hydrogens (tertiary/aromatic N) is 6. The number of halogens is 2. The van der Waals surface area contributed by atoms with Crippen molar-refractivity contribution in [2.45, 2.75) is 45.1 Å². The van der Waals surface area contributed by atoms with Crippen molar-refractivity contribution >= 4 is 22.9 Å². The lowest BCUT2D eigenvalue weighted by Crippen LogP contribution is -2.33. The van der Waals surface area contributed by atoms with E-state index in [-0.39, 0.29) is 25.4 Å². The second-order valence-electron chi connectivity index (χ2n) is 8.96. The van der Waals surface area contributed by atoms with Crippen molar-refractivity contribution in [2.75, 3.05) is 23.3 Å². The van der Waals surface area contributed by atoms with Crippen LogP contribution < -0.4 is 15.8 Å². The van der Waals surface area contributed by atoms with Crippen LogP contribution in [0.2, 0.25) is 0 Å². The van der Waals surface area contributed by atoms with Crippen molar-refractivity contribution in [3.05, 3.63) is 46.8 Å². The van der Waals surface area contributed by atoms with Crippen molar-refractivity contribution in [1.82, 2.24) is 24.4 Å². The van der Waals surface area contributed by atoms with Gasteiger partial charge in [-0.15, -0.1) is 10.2 Å². The first-order valence-electron chi connectivity index (χ1n) is 10.5. The standard InChI is InChI=1S/C21H23F2N7O2/c1-13(2)19-15(28-6-5-20(11-28)10-21(20,22)23)7-18(32)30(27-19)9-17(31)25-14-3-4-16-26-24-12-29(16)8-14/h3-4,7-8,12-13H,5-6,9-11H2,1-2H3,(H,25,31). The maximum atomic E-state index is 13.8. The van der Waals surface area contributed by atoms with Crippen LogP contribution in [0.3, 0.4) is 0 Å². The number of carbonyl (C=O) groups is 1. The third kappa shape index (κ3) is 3.41. The van der Waals surface area contributed by atoms with Crippen molar-refractivity contribution in [3.8, 4) is 0 Å². The summed E-state index contributed by atoms with van der Waals surface area (Å²) in [7, 11) is 0. The fraction of sp³-hybridized carbons (Fsp3) is 0.476. The van der Waals surface area contributed by atoms with Gasteiger partial charge in [-0.2, -0.15) is 5.10 Å². The third-order valence-corrected chi connectivity index (χ3v) is 6.33. The van der Waals surface area contributed by atoms with E-state index in [1.165, 1.54) is 12.4 Å². The molecule has 0 bridgehead atoms. The third-order valence-electron chi connectivity index (χ3n) is 6.33. The largest absolute Gasteiger partial charge is 0.369 e. The van der Waals surface area contributed by atoms with Crippen molar-refractivity contribution in [3.63, 3.8) is 0 Å². The van der Waals surface area contributed by atoms with Crippen LogP contribution in [0.25, 0.3) is 5.65 Å². The summed E-state index contributed by atoms with van der Waals surface area (Å²) in [6, 6.07) is 4.82. The Kier molecular flexibility index (Phi) is 4.54. The molecule has 11 heteroatoms. The SMILES string of the molecule is CC(C)c1nn(CC(=O)Nc2ccc3nncn3c2)c(=O)cc1N1CCC2(C1)CC2(F)F. The van der Waals surface area contributed by atoms with E-state index in [2.05, 4.69) is 20.6 Å². The number of aromatic nitrogens is 5. The minimum absolute atomic E-state index is 0.0488. The summed E-state index contributed by atoms with van der Waals surface area (Å²) in [6.07, 6.45) is 3.49. The van der Waals surface area contributed by atoms with Crippen molar-refractivity contribution in [2.24, 2.45) is 5.41 Å². The second-order valence-corrected chi connectivity index (χ2v) is 8.96. The first kappa shape index (κ1) is 20.5. The summed E-state index contributed by atoms with van der Waals surface area (Å²) in [5.74, 6) is -3.09. The summed E-state index contributed by atoms with van der Waals surface area (Å²) in [6.45, 7) is 4.27. The van der Waals surface area contributed by atoms with E-state index in [0.29, 0.717) is 35.7 Å². The van der Waals surface area contributed by atoms with Gasteiger partial charge in [-0.05, 0) is 24.5 Å². The fourth-order valence-electron chi connectivity index (χ4n) is 4.41. The average Bonchev–Trinajstić information content (AvgIpc) is 3.12. The molecule has 3 aromatic heterocycles. The summed E-state index contributed by atoms with van der Waals surface area (Å²) >= 11 is 0. The predicted octanol–water partition coefficient (Wildman–Crippen LogP) is 2.28. The van der Waals surface area contributed by atoms with Gasteiger partial charge in [-0.3, -0.25) is 14.0 Å². The van der Waals surface area contributed by atoms with Gasteiger partial charge in [0, 0.05) is 31.8 Å². The highest BCUT2D eigenvalue weighted by Gasteiger charge is 2.72. The number of hydrogen-bond acceptors (Lipinski definition) is 6. The quantitative estimate of drug-likeness (QED) is 0.650. The Labute approximate surface area is 182 Å². The number of hydrogen-bond donors (Lipinski definition) is 1. The molecule has 4 heterocycles. The average molecular weight is 443 g/mol. The van der Waals surface area contributed by atoms with E-state index < -0.39 is 22.8 Å². The molecule has 1 amide bonds. The molecule has 1 spiro atoms. The lowest BCUT2D eigenvalue weighted by Gasteiger charge is -2.23. The monoisotopic (exact) mass is 443 g/mol. The molecule has 0 aromatic carbocycles. The van der Waals surface area contributed by atoms with Crippen molar-refractivity contribution in [1.29, 1.82) is 0 Å². The van der Waals surface area contributed by atoms with Crippen molar-refractivity contribution < 1.29 is 13.6 Å². The van der Waals surface area contributed by atoms with Gasteiger partial charge in [0.1, 0.15) is 12.9 Å². The fourth-order valence-corrected chi connectivity index (χ4v) is 4.41. The van der Waals surface area contributed by atoms with E-state index in [0.717, 1.165) is 4.68 Å². The number of anilines is 2. The number of carbonyl (C=O) groups excluding carboxylic acids is 1. The molecule has 0 radical (unpaired) electrons. The van der Waals surface area contributed by atoms with Gasteiger partial charge >= 0.3 is 0 Å². The number of fused-ring (bicyclic) bond motifs is 1. The van der Waals surface area contributed by atoms with E-state index in [9.17, 15) is 18.4 Å². The van der Waals surface area contributed by atoms with Gasteiger partial charge in [0.05, 0.1) is 22.5 Å². The van der Waals surface area contributed by atoms with Crippen LogP contribution in [0.5, 0.6) is 0 Å². The number of nitrogens with one attached hydrogen (secondary N) is 1. The molecular formula is C21H23F2N7O2. The molecule has 2 aliphatic rings. The Hall–Kier alpha value is -3.37. The first-order chi connectivity index (χ1) is 15.2. The first-order valence-corrected chi connectivity index (χ1v) is 10.5. The van der Waals surface area contributed by atoms with Gasteiger partial charge in [-0.25, -0.2) is 13.5 Å². The van der Waals surface area contributed by atoms with Gasteiger partial charge in [0.25, 0.3) is 11.5 Å². The van der Waals surface area contributed by atoms with Crippen LogP contribution in [-0.2, 0) is 11.3 Å². The maximum absolute atomic E-state index is 13.8. The number of pyridine rings is 1. The maximum Gasteiger partial charge on any atom is 0.269 e. The highest BCUT2D eigenvalue weighted by molar-refractivity contribution is 5.90. The molecule has 1 aliphatic carbocycles. The molecule has 1 saturated carbocycles. The zero-order valence-electron chi connectivity index (χ0n) is 17.8. The normalized spacial score (nSPS) is 21.6. The van der Waals surface area contributed by atoms with E-state index in [4.69, 9.17) is 0 Å². The van der Waals surface area contributed by atoms with Crippen LogP contribution >= 0.6 is 0 Å². The minimum atomic E-state index is -2.63. The topological polar surface area (TPSA) is 97.4 Å². The van der Waals surface area contributed by atoms with Gasteiger partial charge < -0.3 is 10.2 Å². The van der Waals surface area contributed by atoms with E-state index in [1.54, 1.807) is 22.7 Å². The van der Waals surface area contributed by atoms with Crippen LogP contribution in [0.15, 0.2) is 35.5 Å². The molecule has 1 unspecified atom stereocenters. The van der Waals surface area contributed by atoms with Gasteiger partial charge in [0.2, 0.25) is 5.91 Å². The Morgan fingerprint density at radius 2 is 2.09 bits per heavy atom. The lowest BCUT2D eigenvalue weighted by molar-refractivity contribution is -0.117. The Morgan fingerprint density at radius 1 is 1.31 bits per heavy atom. The molecule has 168 valence electrons. The summed E-state index contributed by atoms with van der Waals surface area (Å²) in [4.78, 5) is 27.1. The summed E-state index contributed by atoms with van der Waals surface area (Å²) in [5, 5.41) is 14.9. The zero-order chi connectivity index (χ0) is 22.7. The smallest absolute Gasteiger partial charge is 0.269 e. The molecule has 1 aliphatic heterocycles. The number of amides is 1. The van der Waals surface area contributed by atoms with Crippen LogP contribution in [0, 0.1) is 5.41 Å². The highest BCUT2D eigenvalue weighted by Crippen LogP contribution is 2.65. The summed E-state index contributed by atoms with van der Waals surface area (Å²) in [5.41, 5.74) is 0.956. The van der Waals surface area contributed by atoms with Gasteiger partial charge in [0.15, 0.2) is 5.65 Å². The summed E-state index contributed by atoms with van der Waals surface area (Å²) < 4.78 is 30.4. The van der Waals surface area contributed by atoms with Crippen LogP contribution in [-0.4, -0.2) is 49.3 Å². The molecule has 3 aromatic rings. The molecule has 1 atom stereocenters. The lowest BCUT2D eigenvalue weighted by atomic mass is 10.1. The zero-order valence-corrected chi connectivity index (χ0v) is 17.8. The number of alkyl halides is 2. The molecule has 1 N–H and O–H groups in total. The predicted molar refractivity (Wildman–Crippen MR) is 113 cm³/mol. The minimum Gasteiger partial charge on any atom is -0.369 e. The molecule has 1 saturated heterocycles. The van der Waals surface area contributed by atoms with Crippen LogP contribution in [0.1, 0.15) is 38.3 Å². The second kappa shape index (κ2) is 7.07. The molecular weight excluding hydrogens is 420 g/mol. The molecule has 9 nitrogen and oxygen atoms in total. The molecule has 5 rings (SSSR count). The Bertz CT molecular complexity index is 1270. The van der Waals surface area contributed by atoms with E-state index in [1.807, 2.05) is 18.7 Å². The highest BCUT2D eigenvalue weighted by atomic mass is 19.3. The van der Waals surface area contributed by atoms with E-state index >= 15 is 0 Å². The van der Waals surface area contributed by atoms with Crippen LogP contribution in [0.4, 0.5) is 20.2 Å². The van der Waals surface area contributed by atoms with Gasteiger partial charge in [-0.1, -0.05) is 13.8 Å². The molecule has 32 heavy (non-hydrogen) atoms.